The van der Waals surface area contributed by atoms with Gasteiger partial charge in [0.1, 0.15) is 24.9 Å². The van der Waals surface area contributed by atoms with Crippen molar-refractivity contribution >= 4 is 7.82 Å². The van der Waals surface area contributed by atoms with Crippen LogP contribution in [0.2, 0.25) is 0 Å². The summed E-state index contributed by atoms with van der Waals surface area (Å²) in [7, 11) is -4.64. The quantitative estimate of drug-likeness (QED) is 0.416. The van der Waals surface area contributed by atoms with Crippen LogP contribution in [0.1, 0.15) is 0 Å². The third-order valence-electron chi connectivity index (χ3n) is 1.54. The third kappa shape index (κ3) is 2.99. The molecule has 7 nitrogen and oxygen atoms in total. The molecular formula is C5H10O7P. The summed E-state index contributed by atoms with van der Waals surface area (Å²) in [6.07, 6.45) is -3.37. The summed E-state index contributed by atoms with van der Waals surface area (Å²) in [4.78, 5) is 16.8. The number of phosphoric acid groups is 1. The molecule has 0 bridgehead atoms. The zero-order chi connectivity index (χ0) is 10.1. The second kappa shape index (κ2) is 4.02. The molecule has 0 aromatic heterocycles. The Morgan fingerprint density at radius 1 is 1.54 bits per heavy atom. The van der Waals surface area contributed by atoms with Crippen LogP contribution in [0.15, 0.2) is 0 Å². The molecule has 0 aromatic carbocycles. The molecule has 0 aliphatic carbocycles. The average molecular weight is 213 g/mol. The van der Waals surface area contributed by atoms with E-state index in [0.29, 0.717) is 0 Å². The Kier molecular flexibility index (Phi) is 3.42. The first-order valence-corrected chi connectivity index (χ1v) is 4.99. The molecule has 1 fully saturated rings. The molecule has 8 heteroatoms. The minimum Gasteiger partial charge on any atom is -0.394 e. The van der Waals surface area contributed by atoms with Crippen molar-refractivity contribution in [1.82, 2.24) is 0 Å². The summed E-state index contributed by atoms with van der Waals surface area (Å²) in [5.74, 6) is 0. The van der Waals surface area contributed by atoms with Crippen LogP contribution in [-0.2, 0) is 13.8 Å². The van der Waals surface area contributed by atoms with Crippen LogP contribution >= 0.6 is 7.82 Å². The number of aliphatic hydroxyl groups is 2. The van der Waals surface area contributed by atoms with E-state index in [9.17, 15) is 9.67 Å². The van der Waals surface area contributed by atoms with E-state index >= 15 is 0 Å². The molecule has 4 N–H and O–H groups in total. The van der Waals surface area contributed by atoms with Gasteiger partial charge in [-0.3, -0.25) is 4.52 Å². The van der Waals surface area contributed by atoms with Gasteiger partial charge in [0.2, 0.25) is 0 Å². The second-order valence-corrected chi connectivity index (χ2v) is 3.74. The molecule has 13 heavy (non-hydrogen) atoms. The van der Waals surface area contributed by atoms with Gasteiger partial charge in [0, 0.05) is 0 Å². The molecule has 1 radical (unpaired) electrons. The number of aliphatic hydroxyl groups excluding tert-OH is 2. The van der Waals surface area contributed by atoms with Crippen LogP contribution in [0.5, 0.6) is 0 Å². The molecule has 1 heterocycles. The summed E-state index contributed by atoms with van der Waals surface area (Å²) < 4.78 is 19.2. The van der Waals surface area contributed by atoms with E-state index < -0.39 is 32.7 Å². The van der Waals surface area contributed by atoms with Crippen molar-refractivity contribution < 1.29 is 33.8 Å². The van der Waals surface area contributed by atoms with E-state index in [1.54, 1.807) is 0 Å². The average Bonchev–Trinajstić information content (AvgIpc) is 2.30. The van der Waals surface area contributed by atoms with Gasteiger partial charge < -0.3 is 24.7 Å². The van der Waals surface area contributed by atoms with E-state index in [1.165, 1.54) is 0 Å². The van der Waals surface area contributed by atoms with Gasteiger partial charge in [-0.05, 0) is 0 Å². The van der Waals surface area contributed by atoms with Crippen LogP contribution in [0, 0.1) is 6.61 Å². The fourth-order valence-corrected chi connectivity index (χ4v) is 1.44. The van der Waals surface area contributed by atoms with Gasteiger partial charge in [0.05, 0.1) is 6.61 Å². The van der Waals surface area contributed by atoms with Gasteiger partial charge >= 0.3 is 7.82 Å². The molecule has 1 saturated heterocycles. The molecule has 0 aromatic rings. The summed E-state index contributed by atoms with van der Waals surface area (Å²) in [6, 6.07) is 0. The first-order valence-electron chi connectivity index (χ1n) is 3.45. The van der Waals surface area contributed by atoms with Gasteiger partial charge in [-0.2, -0.15) is 0 Å². The molecule has 0 saturated carbocycles. The van der Waals surface area contributed by atoms with Crippen LogP contribution in [0.25, 0.3) is 0 Å². The smallest absolute Gasteiger partial charge is 0.394 e. The lowest BCUT2D eigenvalue weighted by molar-refractivity contribution is -0.00339. The van der Waals surface area contributed by atoms with Gasteiger partial charge in [0.25, 0.3) is 0 Å². The van der Waals surface area contributed by atoms with Crippen LogP contribution < -0.4 is 0 Å². The van der Waals surface area contributed by atoms with Crippen molar-refractivity contribution in [1.29, 1.82) is 0 Å². The maximum atomic E-state index is 10.4. The van der Waals surface area contributed by atoms with Crippen molar-refractivity contribution in [3.8, 4) is 0 Å². The van der Waals surface area contributed by atoms with Crippen LogP contribution in [0.4, 0.5) is 0 Å². The lowest BCUT2D eigenvalue weighted by Crippen LogP contribution is -2.32. The summed E-state index contributed by atoms with van der Waals surface area (Å²) in [5.41, 5.74) is 0. The van der Waals surface area contributed by atoms with Gasteiger partial charge in [-0.1, -0.05) is 0 Å². The Morgan fingerprint density at radius 3 is 2.54 bits per heavy atom. The number of hydrogen-bond donors (Lipinski definition) is 4. The minimum atomic E-state index is -4.64. The zero-order valence-corrected chi connectivity index (χ0v) is 7.37. The first-order chi connectivity index (χ1) is 5.94. The highest BCUT2D eigenvalue weighted by Gasteiger charge is 2.40. The predicted octanol–water partition coefficient (Wildman–Crippen LogP) is -1.62. The van der Waals surface area contributed by atoms with Crippen LogP contribution in [0.3, 0.4) is 0 Å². The summed E-state index contributed by atoms with van der Waals surface area (Å²) >= 11 is 0. The fourth-order valence-electron chi connectivity index (χ4n) is 0.948. The van der Waals surface area contributed by atoms with Crippen molar-refractivity contribution in [2.75, 3.05) is 6.61 Å². The molecular weight excluding hydrogens is 203 g/mol. The summed E-state index contributed by atoms with van der Waals surface area (Å²) in [5, 5.41) is 17.8. The largest absolute Gasteiger partial charge is 0.470 e. The molecule has 1 rings (SSSR count). The molecule has 3 atom stereocenters. The van der Waals surface area contributed by atoms with Crippen molar-refractivity contribution in [2.45, 2.75) is 18.3 Å². The Morgan fingerprint density at radius 2 is 2.15 bits per heavy atom. The number of ether oxygens (including phenoxy) is 1. The molecule has 1 aliphatic rings. The van der Waals surface area contributed by atoms with Crippen LogP contribution in [-0.4, -0.2) is 44.9 Å². The Balaban J connectivity index is 2.50. The number of phosphoric ester groups is 1. The van der Waals surface area contributed by atoms with Crippen molar-refractivity contribution in [2.24, 2.45) is 0 Å². The van der Waals surface area contributed by atoms with E-state index in [4.69, 9.17) is 14.9 Å². The lowest BCUT2D eigenvalue weighted by atomic mass is 10.2. The monoisotopic (exact) mass is 213 g/mol. The van der Waals surface area contributed by atoms with Crippen molar-refractivity contribution in [3.63, 3.8) is 0 Å². The van der Waals surface area contributed by atoms with E-state index in [-0.39, 0.29) is 0 Å². The standard InChI is InChI=1S/C5H10O7P/c6-1-3-5(7)4(2-11-3)12-13(8,9)10/h2-7H,1H2,(H2,8,9,10)/t3-,4+,5-/m1/s1. The molecule has 77 valence electrons. The van der Waals surface area contributed by atoms with Crippen molar-refractivity contribution in [3.05, 3.63) is 6.61 Å². The summed E-state index contributed by atoms with van der Waals surface area (Å²) in [6.45, 7) is 0.503. The Labute approximate surface area is 74.1 Å². The first kappa shape index (κ1) is 11.1. The Bertz CT molecular complexity index is 213. The third-order valence-corrected chi connectivity index (χ3v) is 2.06. The van der Waals surface area contributed by atoms with E-state index in [1.807, 2.05) is 0 Å². The molecule has 0 amide bonds. The highest BCUT2D eigenvalue weighted by molar-refractivity contribution is 7.46. The van der Waals surface area contributed by atoms with Gasteiger partial charge in [-0.15, -0.1) is 0 Å². The Hall–Kier alpha value is -0.0100. The SMILES string of the molecule is O=P(O)(O)O[C@H]1[CH]O[C@H](CO)[C@H]1O. The maximum absolute atomic E-state index is 10.4. The highest BCUT2D eigenvalue weighted by Crippen LogP contribution is 2.40. The van der Waals surface area contributed by atoms with E-state index in [2.05, 4.69) is 9.26 Å². The molecule has 1 aliphatic heterocycles. The molecule has 0 unspecified atom stereocenters. The number of hydrogen-bond acceptors (Lipinski definition) is 5. The van der Waals surface area contributed by atoms with E-state index in [0.717, 1.165) is 6.61 Å². The normalized spacial score (nSPS) is 35.2. The topological polar surface area (TPSA) is 116 Å². The van der Waals surface area contributed by atoms with Gasteiger partial charge in [-0.25, -0.2) is 4.57 Å². The zero-order valence-electron chi connectivity index (χ0n) is 6.48. The minimum absolute atomic E-state index is 0.446. The maximum Gasteiger partial charge on any atom is 0.470 e. The highest BCUT2D eigenvalue weighted by atomic mass is 31.2. The predicted molar refractivity (Wildman–Crippen MR) is 39.2 cm³/mol. The fraction of sp³-hybridized carbons (Fsp3) is 0.800. The molecule has 0 spiro atoms. The van der Waals surface area contributed by atoms with Gasteiger partial charge in [0.15, 0.2) is 0 Å². The number of rotatable bonds is 3. The second-order valence-electron chi connectivity index (χ2n) is 2.54. The lowest BCUT2D eigenvalue weighted by Gasteiger charge is -2.15.